The van der Waals surface area contributed by atoms with Gasteiger partial charge in [-0.3, -0.25) is 0 Å². The molecular formula is C20H14ClN3O2. The summed E-state index contributed by atoms with van der Waals surface area (Å²) < 4.78 is 4.89. The summed E-state index contributed by atoms with van der Waals surface area (Å²) in [5.41, 5.74) is 9.73. The maximum absolute atomic E-state index is 10.9. The highest BCUT2D eigenvalue weighted by Crippen LogP contribution is 2.27. The molecule has 0 unspecified atom stereocenters. The summed E-state index contributed by atoms with van der Waals surface area (Å²) in [6, 6.07) is 20.9. The van der Waals surface area contributed by atoms with Gasteiger partial charge in [-0.05, 0) is 35.4 Å². The predicted octanol–water partition coefficient (Wildman–Crippen LogP) is 5.01. The molecule has 1 aromatic heterocycles. The maximum atomic E-state index is 10.9. The van der Waals surface area contributed by atoms with Crippen LogP contribution >= 0.6 is 11.6 Å². The van der Waals surface area contributed by atoms with Crippen molar-refractivity contribution in [1.29, 1.82) is 0 Å². The fourth-order valence-electron chi connectivity index (χ4n) is 2.77. The molecule has 0 saturated heterocycles. The van der Waals surface area contributed by atoms with Crippen LogP contribution < -0.4 is 10.5 Å². The normalized spacial score (nSPS) is 10.8. The Labute approximate surface area is 154 Å². The van der Waals surface area contributed by atoms with Crippen molar-refractivity contribution in [2.75, 3.05) is 0 Å². The lowest BCUT2D eigenvalue weighted by Gasteiger charge is -2.03. The van der Waals surface area contributed by atoms with Crippen LogP contribution in [-0.4, -0.2) is 16.1 Å². The van der Waals surface area contributed by atoms with Gasteiger partial charge in [0.1, 0.15) is 11.6 Å². The Morgan fingerprint density at radius 2 is 1.54 bits per heavy atom. The summed E-state index contributed by atoms with van der Waals surface area (Å²) in [5, 5.41) is 0.715. The van der Waals surface area contributed by atoms with E-state index in [9.17, 15) is 4.79 Å². The zero-order chi connectivity index (χ0) is 18.1. The second-order valence-electron chi connectivity index (χ2n) is 5.77. The third-order valence-corrected chi connectivity index (χ3v) is 4.26. The van der Waals surface area contributed by atoms with Crippen LogP contribution in [0.15, 0.2) is 66.7 Å². The fourth-order valence-corrected chi connectivity index (χ4v) is 2.89. The molecule has 0 fully saturated rings. The van der Waals surface area contributed by atoms with Crippen molar-refractivity contribution in [1.82, 2.24) is 9.97 Å². The molecule has 26 heavy (non-hydrogen) atoms. The molecule has 0 aliphatic rings. The van der Waals surface area contributed by atoms with Gasteiger partial charge in [-0.2, -0.15) is 0 Å². The number of carbonyl (C=O) groups is 1. The number of amides is 1. The minimum absolute atomic E-state index is 0.373. The van der Waals surface area contributed by atoms with Crippen LogP contribution in [0.1, 0.15) is 0 Å². The number of nitrogens with zero attached hydrogens (tertiary/aromatic N) is 1. The van der Waals surface area contributed by atoms with Gasteiger partial charge in [-0.1, -0.05) is 48.0 Å². The number of ether oxygens (including phenoxy) is 1. The fraction of sp³-hybridized carbons (Fsp3) is 0. The third-order valence-electron chi connectivity index (χ3n) is 4.01. The van der Waals surface area contributed by atoms with Crippen LogP contribution in [0.4, 0.5) is 4.79 Å². The Hall–Kier alpha value is -3.31. The van der Waals surface area contributed by atoms with E-state index in [1.807, 2.05) is 48.5 Å². The topological polar surface area (TPSA) is 81.0 Å². The zero-order valence-corrected chi connectivity index (χ0v) is 14.3. The number of hydrogen-bond donors (Lipinski definition) is 2. The van der Waals surface area contributed by atoms with Crippen LogP contribution in [0, 0.1) is 0 Å². The average molecular weight is 364 g/mol. The lowest BCUT2D eigenvalue weighted by Crippen LogP contribution is -2.16. The Morgan fingerprint density at radius 3 is 2.19 bits per heavy atom. The van der Waals surface area contributed by atoms with E-state index < -0.39 is 6.09 Å². The van der Waals surface area contributed by atoms with E-state index in [1.165, 1.54) is 0 Å². The second-order valence-corrected chi connectivity index (χ2v) is 6.21. The molecule has 6 heteroatoms. The van der Waals surface area contributed by atoms with E-state index in [2.05, 4.69) is 9.97 Å². The summed E-state index contributed by atoms with van der Waals surface area (Å²) in [5.74, 6) is 1.11. The average Bonchev–Trinajstić information content (AvgIpc) is 3.05. The van der Waals surface area contributed by atoms with Crippen LogP contribution in [0.2, 0.25) is 5.02 Å². The summed E-state index contributed by atoms with van der Waals surface area (Å²) in [7, 11) is 0. The van der Waals surface area contributed by atoms with Gasteiger partial charge in [0.25, 0.3) is 0 Å². The largest absolute Gasteiger partial charge is 0.410 e. The lowest BCUT2D eigenvalue weighted by atomic mass is 10.0. The van der Waals surface area contributed by atoms with Gasteiger partial charge in [-0.25, -0.2) is 9.78 Å². The van der Waals surface area contributed by atoms with Crippen LogP contribution in [0.5, 0.6) is 5.75 Å². The van der Waals surface area contributed by atoms with Gasteiger partial charge in [0.15, 0.2) is 0 Å². The molecule has 128 valence electrons. The molecule has 0 bridgehead atoms. The number of primary amides is 1. The number of imidazole rings is 1. The van der Waals surface area contributed by atoms with Gasteiger partial charge < -0.3 is 15.5 Å². The van der Waals surface area contributed by atoms with E-state index in [4.69, 9.17) is 22.1 Å². The summed E-state index contributed by atoms with van der Waals surface area (Å²) >= 11 is 5.94. The van der Waals surface area contributed by atoms with E-state index in [1.54, 1.807) is 18.2 Å². The number of aromatic amines is 1. The Bertz CT molecular complexity index is 1090. The first-order chi connectivity index (χ1) is 12.6. The highest BCUT2D eigenvalue weighted by molar-refractivity contribution is 6.30. The molecule has 3 N–H and O–H groups in total. The number of fused-ring (bicyclic) bond motifs is 1. The first-order valence-electron chi connectivity index (χ1n) is 7.92. The molecule has 5 nitrogen and oxygen atoms in total. The Morgan fingerprint density at radius 1 is 0.923 bits per heavy atom. The highest BCUT2D eigenvalue weighted by atomic mass is 35.5. The molecular weight excluding hydrogens is 350 g/mol. The number of aromatic nitrogens is 2. The van der Waals surface area contributed by atoms with Crippen molar-refractivity contribution < 1.29 is 9.53 Å². The van der Waals surface area contributed by atoms with E-state index >= 15 is 0 Å². The number of rotatable bonds is 3. The van der Waals surface area contributed by atoms with E-state index in [-0.39, 0.29) is 0 Å². The van der Waals surface area contributed by atoms with Crippen molar-refractivity contribution >= 4 is 28.7 Å². The van der Waals surface area contributed by atoms with Crippen molar-refractivity contribution in [3.63, 3.8) is 0 Å². The molecule has 0 saturated carbocycles. The molecule has 4 aromatic rings. The molecule has 0 aliphatic carbocycles. The zero-order valence-electron chi connectivity index (χ0n) is 13.6. The summed E-state index contributed by atoms with van der Waals surface area (Å²) in [4.78, 5) is 18.7. The van der Waals surface area contributed by atoms with Crippen molar-refractivity contribution in [2.24, 2.45) is 5.73 Å². The van der Waals surface area contributed by atoms with E-state index in [0.717, 1.165) is 33.5 Å². The van der Waals surface area contributed by atoms with Crippen LogP contribution in [-0.2, 0) is 0 Å². The highest BCUT2D eigenvalue weighted by Gasteiger charge is 2.08. The van der Waals surface area contributed by atoms with E-state index in [0.29, 0.717) is 10.8 Å². The van der Waals surface area contributed by atoms with Gasteiger partial charge in [0.2, 0.25) is 0 Å². The molecule has 0 spiro atoms. The number of nitrogens with one attached hydrogen (secondary N) is 1. The van der Waals surface area contributed by atoms with Gasteiger partial charge in [0, 0.05) is 16.7 Å². The van der Waals surface area contributed by atoms with Crippen LogP contribution in [0.3, 0.4) is 0 Å². The number of halogens is 1. The standard InChI is InChI=1S/C20H14ClN3O2/c21-15-7-5-13(6-8-15)12-1-3-14(4-2-12)19-23-17-10-9-16(26-20(22)25)11-18(17)24-19/h1-11H,(H2,22,25)(H,23,24). The smallest absolute Gasteiger partial charge is 0.409 e. The van der Waals surface area contributed by atoms with Crippen molar-refractivity contribution in [2.45, 2.75) is 0 Å². The number of nitrogens with two attached hydrogens (primary N) is 1. The first-order valence-corrected chi connectivity index (χ1v) is 8.30. The number of hydrogen-bond acceptors (Lipinski definition) is 3. The van der Waals surface area contributed by atoms with Crippen molar-refractivity contribution in [3.05, 3.63) is 71.8 Å². The molecule has 0 aliphatic heterocycles. The first kappa shape index (κ1) is 16.2. The number of carbonyl (C=O) groups excluding carboxylic acids is 1. The molecule has 3 aromatic carbocycles. The third kappa shape index (κ3) is 3.25. The molecule has 0 atom stereocenters. The SMILES string of the molecule is NC(=O)Oc1ccc2nc(-c3ccc(-c4ccc(Cl)cc4)cc3)[nH]c2c1. The monoisotopic (exact) mass is 363 g/mol. The minimum Gasteiger partial charge on any atom is -0.410 e. The predicted molar refractivity (Wildman–Crippen MR) is 102 cm³/mol. The quantitative estimate of drug-likeness (QED) is 0.537. The number of H-pyrrole nitrogens is 1. The maximum Gasteiger partial charge on any atom is 0.409 e. The number of benzene rings is 3. The summed E-state index contributed by atoms with van der Waals surface area (Å²) in [6.07, 6.45) is -0.845. The van der Waals surface area contributed by atoms with Gasteiger partial charge in [0.05, 0.1) is 11.0 Å². The molecule has 4 rings (SSSR count). The summed E-state index contributed by atoms with van der Waals surface area (Å²) in [6.45, 7) is 0. The molecule has 1 heterocycles. The van der Waals surface area contributed by atoms with Crippen LogP contribution in [0.25, 0.3) is 33.5 Å². The molecule has 1 amide bonds. The minimum atomic E-state index is -0.845. The Balaban J connectivity index is 1.64. The Kier molecular flexibility index (Phi) is 4.07. The second kappa shape index (κ2) is 6.54. The molecule has 0 radical (unpaired) electrons. The van der Waals surface area contributed by atoms with Gasteiger partial charge >= 0.3 is 6.09 Å². The van der Waals surface area contributed by atoms with Gasteiger partial charge in [-0.15, -0.1) is 0 Å². The lowest BCUT2D eigenvalue weighted by molar-refractivity contribution is 0.211. The van der Waals surface area contributed by atoms with Crippen molar-refractivity contribution in [3.8, 4) is 28.3 Å².